The minimum absolute atomic E-state index is 0.588. The lowest BCUT2D eigenvalue weighted by Crippen LogP contribution is -2.23. The Hall–Kier alpha value is -0.430. The SMILES string of the molecule is CO[P+](OC)(c1ccccc1)C1CCCC1. The Kier molecular flexibility index (Phi) is 3.96. The zero-order valence-electron chi connectivity index (χ0n) is 10.1. The van der Waals surface area contributed by atoms with Crippen molar-refractivity contribution in [2.75, 3.05) is 14.2 Å². The molecule has 2 rings (SSSR count). The fourth-order valence-corrected chi connectivity index (χ4v) is 5.90. The van der Waals surface area contributed by atoms with Crippen molar-refractivity contribution in [3.05, 3.63) is 30.3 Å². The van der Waals surface area contributed by atoms with Crippen LogP contribution in [0.5, 0.6) is 0 Å². The minimum atomic E-state index is -1.86. The number of benzene rings is 1. The molecule has 0 aromatic heterocycles. The molecular formula is C13H20O2P+. The van der Waals surface area contributed by atoms with Crippen LogP contribution >= 0.6 is 7.72 Å². The molecule has 0 unspecified atom stereocenters. The molecule has 0 N–H and O–H groups in total. The molecule has 0 saturated heterocycles. The van der Waals surface area contributed by atoms with Gasteiger partial charge in [0, 0.05) is 0 Å². The van der Waals surface area contributed by atoms with E-state index in [1.807, 2.05) is 6.07 Å². The zero-order chi connectivity index (χ0) is 11.4. The summed E-state index contributed by atoms with van der Waals surface area (Å²) < 4.78 is 11.7. The molecule has 3 heteroatoms. The first-order chi connectivity index (χ1) is 7.83. The fourth-order valence-electron chi connectivity index (χ4n) is 2.67. The second kappa shape index (κ2) is 5.27. The summed E-state index contributed by atoms with van der Waals surface area (Å²) in [5, 5.41) is 1.24. The van der Waals surface area contributed by atoms with Crippen LogP contribution in [-0.4, -0.2) is 19.9 Å². The molecule has 0 atom stereocenters. The summed E-state index contributed by atoms with van der Waals surface area (Å²) in [7, 11) is 1.73. The van der Waals surface area contributed by atoms with Gasteiger partial charge in [0.15, 0.2) is 5.30 Å². The van der Waals surface area contributed by atoms with Gasteiger partial charge in [0.25, 0.3) is 0 Å². The molecule has 1 saturated carbocycles. The summed E-state index contributed by atoms with van der Waals surface area (Å²) in [4.78, 5) is 0. The van der Waals surface area contributed by atoms with Crippen LogP contribution in [0.2, 0.25) is 0 Å². The standard InChI is InChI=1S/C13H20O2P/c1-14-16(15-2,13-10-6-7-11-13)12-8-4-3-5-9-12/h3-5,8-9,13H,6-7,10-11H2,1-2H3/q+1. The van der Waals surface area contributed by atoms with Crippen molar-refractivity contribution >= 4 is 13.0 Å². The highest BCUT2D eigenvalue weighted by molar-refractivity contribution is 7.74. The van der Waals surface area contributed by atoms with E-state index in [2.05, 4.69) is 24.3 Å². The molecule has 88 valence electrons. The third-order valence-electron chi connectivity index (χ3n) is 3.46. The summed E-state index contributed by atoms with van der Waals surface area (Å²) in [5.41, 5.74) is 0.588. The van der Waals surface area contributed by atoms with Crippen molar-refractivity contribution in [1.29, 1.82) is 0 Å². The van der Waals surface area contributed by atoms with Crippen LogP contribution in [0.4, 0.5) is 0 Å². The summed E-state index contributed by atoms with van der Waals surface area (Å²) in [6.45, 7) is 0. The van der Waals surface area contributed by atoms with Crippen LogP contribution < -0.4 is 5.30 Å². The molecule has 0 amide bonds. The Balaban J connectivity index is 2.34. The van der Waals surface area contributed by atoms with Crippen molar-refractivity contribution in [1.82, 2.24) is 0 Å². The van der Waals surface area contributed by atoms with Gasteiger partial charge in [0.05, 0.1) is 14.2 Å². The monoisotopic (exact) mass is 239 g/mol. The van der Waals surface area contributed by atoms with E-state index >= 15 is 0 Å². The topological polar surface area (TPSA) is 18.5 Å². The van der Waals surface area contributed by atoms with Crippen LogP contribution in [0.1, 0.15) is 25.7 Å². The molecule has 0 aliphatic heterocycles. The summed E-state index contributed by atoms with van der Waals surface area (Å²) in [6, 6.07) is 10.4. The molecule has 2 nitrogen and oxygen atoms in total. The van der Waals surface area contributed by atoms with Crippen molar-refractivity contribution in [3.63, 3.8) is 0 Å². The first kappa shape index (κ1) is 12.0. The van der Waals surface area contributed by atoms with Gasteiger partial charge in [-0.05, 0) is 37.8 Å². The number of hydrogen-bond acceptors (Lipinski definition) is 2. The second-order valence-electron chi connectivity index (χ2n) is 4.24. The van der Waals surface area contributed by atoms with Gasteiger partial charge in [-0.2, -0.15) is 0 Å². The molecule has 1 aliphatic carbocycles. The van der Waals surface area contributed by atoms with Crippen LogP contribution in [0, 0.1) is 0 Å². The minimum Gasteiger partial charge on any atom is -0.204 e. The predicted octanol–water partition coefficient (Wildman–Crippen LogP) is 3.39. The van der Waals surface area contributed by atoms with Gasteiger partial charge in [0.2, 0.25) is 0 Å². The molecule has 0 spiro atoms. The van der Waals surface area contributed by atoms with Gasteiger partial charge in [-0.3, -0.25) is 0 Å². The Morgan fingerprint density at radius 1 is 1.00 bits per heavy atom. The van der Waals surface area contributed by atoms with E-state index in [-0.39, 0.29) is 0 Å². The molecule has 16 heavy (non-hydrogen) atoms. The van der Waals surface area contributed by atoms with E-state index in [9.17, 15) is 0 Å². The predicted molar refractivity (Wildman–Crippen MR) is 69.3 cm³/mol. The Morgan fingerprint density at radius 2 is 1.56 bits per heavy atom. The van der Waals surface area contributed by atoms with E-state index in [0.717, 1.165) is 0 Å². The smallest absolute Gasteiger partial charge is 0.204 e. The molecule has 0 bridgehead atoms. The second-order valence-corrected chi connectivity index (χ2v) is 7.41. The first-order valence-electron chi connectivity index (χ1n) is 5.89. The van der Waals surface area contributed by atoms with Gasteiger partial charge < -0.3 is 0 Å². The first-order valence-corrected chi connectivity index (χ1v) is 7.58. The highest BCUT2D eigenvalue weighted by Gasteiger charge is 2.52. The highest BCUT2D eigenvalue weighted by Crippen LogP contribution is 2.66. The highest BCUT2D eigenvalue weighted by atomic mass is 31.2. The van der Waals surface area contributed by atoms with Gasteiger partial charge in [-0.15, -0.1) is 0 Å². The molecule has 1 aromatic carbocycles. The normalized spacial score (nSPS) is 17.9. The summed E-state index contributed by atoms with van der Waals surface area (Å²) >= 11 is 0. The number of rotatable bonds is 4. The maximum absolute atomic E-state index is 5.85. The van der Waals surface area contributed by atoms with Crippen molar-refractivity contribution in [3.8, 4) is 0 Å². The fraction of sp³-hybridized carbons (Fsp3) is 0.538. The van der Waals surface area contributed by atoms with Gasteiger partial charge in [0.1, 0.15) is 5.66 Å². The molecule has 1 aromatic rings. The lowest BCUT2D eigenvalue weighted by atomic mass is 10.4. The number of hydrogen-bond donors (Lipinski definition) is 0. The quantitative estimate of drug-likeness (QED) is 0.750. The Labute approximate surface area is 98.5 Å². The summed E-state index contributed by atoms with van der Waals surface area (Å²) in [5.74, 6) is 0. The molecule has 0 heterocycles. The Bertz CT molecular complexity index is 316. The maximum atomic E-state index is 5.85. The van der Waals surface area contributed by atoms with Crippen LogP contribution in [0.3, 0.4) is 0 Å². The molecule has 1 aliphatic rings. The van der Waals surface area contributed by atoms with E-state index in [4.69, 9.17) is 9.05 Å². The van der Waals surface area contributed by atoms with E-state index in [0.29, 0.717) is 5.66 Å². The van der Waals surface area contributed by atoms with Crippen LogP contribution in [0.15, 0.2) is 30.3 Å². The van der Waals surface area contributed by atoms with Crippen LogP contribution in [-0.2, 0) is 9.05 Å². The maximum Gasteiger partial charge on any atom is 0.309 e. The largest absolute Gasteiger partial charge is 0.309 e. The average molecular weight is 239 g/mol. The van der Waals surface area contributed by atoms with E-state index in [1.165, 1.54) is 31.0 Å². The van der Waals surface area contributed by atoms with Crippen molar-refractivity contribution < 1.29 is 9.05 Å². The summed E-state index contributed by atoms with van der Waals surface area (Å²) in [6.07, 6.45) is 5.10. The van der Waals surface area contributed by atoms with Crippen molar-refractivity contribution in [2.45, 2.75) is 31.3 Å². The third-order valence-corrected chi connectivity index (χ3v) is 7.04. The third kappa shape index (κ3) is 2.02. The van der Waals surface area contributed by atoms with Gasteiger partial charge in [-0.1, -0.05) is 18.2 Å². The van der Waals surface area contributed by atoms with E-state index < -0.39 is 7.72 Å². The molecular weight excluding hydrogens is 219 g/mol. The zero-order valence-corrected chi connectivity index (χ0v) is 11.0. The lowest BCUT2D eigenvalue weighted by molar-refractivity contribution is 0.316. The molecule has 1 fully saturated rings. The Morgan fingerprint density at radius 3 is 2.06 bits per heavy atom. The lowest BCUT2D eigenvalue weighted by Gasteiger charge is -2.26. The van der Waals surface area contributed by atoms with Crippen LogP contribution in [0.25, 0.3) is 0 Å². The molecule has 0 radical (unpaired) electrons. The van der Waals surface area contributed by atoms with Gasteiger partial charge >= 0.3 is 7.72 Å². The van der Waals surface area contributed by atoms with E-state index in [1.54, 1.807) is 14.2 Å². The van der Waals surface area contributed by atoms with Crippen molar-refractivity contribution in [2.24, 2.45) is 0 Å². The average Bonchev–Trinajstić information content (AvgIpc) is 2.87. The van der Waals surface area contributed by atoms with Gasteiger partial charge in [-0.25, -0.2) is 9.05 Å².